The summed E-state index contributed by atoms with van der Waals surface area (Å²) in [6, 6.07) is 9.32. The van der Waals surface area contributed by atoms with Crippen LogP contribution in [0.2, 0.25) is 0 Å². The van der Waals surface area contributed by atoms with Gasteiger partial charge in [-0.3, -0.25) is 4.90 Å². The van der Waals surface area contributed by atoms with Crippen LogP contribution in [0.1, 0.15) is 31.4 Å². The number of nitrogens with zero attached hydrogens (tertiary/aromatic N) is 1. The molecule has 1 heterocycles. The van der Waals surface area contributed by atoms with Gasteiger partial charge in [0.1, 0.15) is 0 Å². The van der Waals surface area contributed by atoms with E-state index >= 15 is 0 Å². The molecule has 1 aliphatic heterocycles. The van der Waals surface area contributed by atoms with Gasteiger partial charge in [0.15, 0.2) is 0 Å². The van der Waals surface area contributed by atoms with E-state index in [4.69, 9.17) is 10.5 Å². The Balaban J connectivity index is 2.24. The zero-order valence-electron chi connectivity index (χ0n) is 11.7. The molecule has 4 heteroatoms. The summed E-state index contributed by atoms with van der Waals surface area (Å²) >= 11 is 3.55. The lowest BCUT2D eigenvalue weighted by molar-refractivity contribution is 0.119. The van der Waals surface area contributed by atoms with Crippen molar-refractivity contribution in [2.45, 2.75) is 37.9 Å². The third kappa shape index (κ3) is 3.57. The van der Waals surface area contributed by atoms with Crippen molar-refractivity contribution in [1.82, 2.24) is 4.90 Å². The second-order valence-electron chi connectivity index (χ2n) is 5.25. The number of rotatable bonds is 5. The first-order chi connectivity index (χ1) is 9.13. The van der Waals surface area contributed by atoms with Gasteiger partial charge in [-0.2, -0.15) is 0 Å². The van der Waals surface area contributed by atoms with Crippen molar-refractivity contribution in [1.29, 1.82) is 0 Å². The summed E-state index contributed by atoms with van der Waals surface area (Å²) in [6.07, 6.45) is 2.06. The molecule has 1 aromatic carbocycles. The summed E-state index contributed by atoms with van der Waals surface area (Å²) in [5, 5.41) is 0. The van der Waals surface area contributed by atoms with E-state index in [0.29, 0.717) is 6.04 Å². The number of hydrogen-bond acceptors (Lipinski definition) is 3. The molecule has 106 valence electrons. The summed E-state index contributed by atoms with van der Waals surface area (Å²) in [5.74, 6) is 0. The molecule has 0 aromatic heterocycles. The SMILES string of the molecule is CCC(N)C(c1cccc(Br)c1)N(C)C1CCOC1. The third-order valence-electron chi connectivity index (χ3n) is 3.99. The van der Waals surface area contributed by atoms with Crippen LogP contribution in [0.25, 0.3) is 0 Å². The summed E-state index contributed by atoms with van der Waals surface area (Å²) in [4.78, 5) is 2.39. The second-order valence-corrected chi connectivity index (χ2v) is 6.17. The van der Waals surface area contributed by atoms with Crippen molar-refractivity contribution in [2.24, 2.45) is 5.73 Å². The Labute approximate surface area is 124 Å². The second kappa shape index (κ2) is 6.84. The first-order valence-corrected chi connectivity index (χ1v) is 7.73. The van der Waals surface area contributed by atoms with Gasteiger partial charge in [-0.05, 0) is 37.6 Å². The van der Waals surface area contributed by atoms with Gasteiger partial charge in [-0.15, -0.1) is 0 Å². The largest absolute Gasteiger partial charge is 0.380 e. The Bertz CT molecular complexity index is 407. The highest BCUT2D eigenvalue weighted by Crippen LogP contribution is 2.29. The molecule has 0 saturated carbocycles. The highest BCUT2D eigenvalue weighted by Gasteiger charge is 2.30. The van der Waals surface area contributed by atoms with Gasteiger partial charge in [0.25, 0.3) is 0 Å². The van der Waals surface area contributed by atoms with E-state index in [1.807, 2.05) is 0 Å². The van der Waals surface area contributed by atoms with Crippen LogP contribution < -0.4 is 5.73 Å². The summed E-state index contributed by atoms with van der Waals surface area (Å²) in [5.41, 5.74) is 7.65. The summed E-state index contributed by atoms with van der Waals surface area (Å²) in [7, 11) is 2.17. The fraction of sp³-hybridized carbons (Fsp3) is 0.600. The maximum Gasteiger partial charge on any atom is 0.0622 e. The normalized spacial score (nSPS) is 22.7. The minimum Gasteiger partial charge on any atom is -0.380 e. The minimum absolute atomic E-state index is 0.139. The quantitative estimate of drug-likeness (QED) is 0.904. The molecule has 2 rings (SSSR count). The molecule has 3 nitrogen and oxygen atoms in total. The Morgan fingerprint density at radius 1 is 1.53 bits per heavy atom. The van der Waals surface area contributed by atoms with E-state index in [1.54, 1.807) is 0 Å². The van der Waals surface area contributed by atoms with Crippen LogP contribution in [-0.2, 0) is 4.74 Å². The molecule has 0 aliphatic carbocycles. The molecule has 3 unspecified atom stereocenters. The fourth-order valence-corrected chi connectivity index (χ4v) is 3.19. The number of benzene rings is 1. The molecule has 1 aromatic rings. The Morgan fingerprint density at radius 3 is 2.89 bits per heavy atom. The van der Waals surface area contributed by atoms with Gasteiger partial charge in [0.2, 0.25) is 0 Å². The number of halogens is 1. The number of likely N-dealkylation sites (N-methyl/N-ethyl adjacent to an activating group) is 1. The molecule has 0 amide bonds. The van der Waals surface area contributed by atoms with Crippen LogP contribution in [0.15, 0.2) is 28.7 Å². The summed E-state index contributed by atoms with van der Waals surface area (Å²) < 4.78 is 6.62. The van der Waals surface area contributed by atoms with Crippen LogP contribution in [0.3, 0.4) is 0 Å². The molecule has 1 fully saturated rings. The van der Waals surface area contributed by atoms with E-state index in [9.17, 15) is 0 Å². The van der Waals surface area contributed by atoms with E-state index in [2.05, 4.69) is 59.1 Å². The monoisotopic (exact) mass is 326 g/mol. The number of hydrogen-bond donors (Lipinski definition) is 1. The molecule has 0 radical (unpaired) electrons. The van der Waals surface area contributed by atoms with Gasteiger partial charge in [-0.25, -0.2) is 0 Å². The van der Waals surface area contributed by atoms with Crippen molar-refractivity contribution < 1.29 is 4.74 Å². The molecular formula is C15H23BrN2O. The van der Waals surface area contributed by atoms with E-state index in [0.717, 1.165) is 30.5 Å². The molecule has 0 bridgehead atoms. The Morgan fingerprint density at radius 2 is 2.32 bits per heavy atom. The number of ether oxygens (including phenoxy) is 1. The first-order valence-electron chi connectivity index (χ1n) is 6.94. The van der Waals surface area contributed by atoms with Gasteiger partial charge >= 0.3 is 0 Å². The molecule has 1 aliphatic rings. The molecule has 3 atom stereocenters. The topological polar surface area (TPSA) is 38.5 Å². The third-order valence-corrected chi connectivity index (χ3v) is 4.48. The van der Waals surface area contributed by atoms with E-state index in [-0.39, 0.29) is 12.1 Å². The molecule has 19 heavy (non-hydrogen) atoms. The van der Waals surface area contributed by atoms with Crippen LogP contribution in [0.5, 0.6) is 0 Å². The highest BCUT2D eigenvalue weighted by molar-refractivity contribution is 9.10. The molecule has 2 N–H and O–H groups in total. The molecule has 1 saturated heterocycles. The van der Waals surface area contributed by atoms with Gasteiger partial charge in [-0.1, -0.05) is 35.0 Å². The van der Waals surface area contributed by atoms with Crippen LogP contribution in [0, 0.1) is 0 Å². The smallest absolute Gasteiger partial charge is 0.0622 e. The van der Waals surface area contributed by atoms with Crippen molar-refractivity contribution >= 4 is 15.9 Å². The minimum atomic E-state index is 0.139. The Hall–Kier alpha value is -0.420. The lowest BCUT2D eigenvalue weighted by atomic mass is 9.95. The standard InChI is InChI=1S/C15H23BrN2O/c1-3-14(17)15(11-5-4-6-12(16)9-11)18(2)13-7-8-19-10-13/h4-6,9,13-15H,3,7-8,10,17H2,1-2H3. The number of nitrogens with two attached hydrogens (primary N) is 1. The van der Waals surface area contributed by atoms with Gasteiger partial charge < -0.3 is 10.5 Å². The van der Waals surface area contributed by atoms with E-state index < -0.39 is 0 Å². The van der Waals surface area contributed by atoms with E-state index in [1.165, 1.54) is 5.56 Å². The van der Waals surface area contributed by atoms with Crippen LogP contribution in [-0.4, -0.2) is 37.2 Å². The lowest BCUT2D eigenvalue weighted by Crippen LogP contribution is -2.44. The summed E-state index contributed by atoms with van der Waals surface area (Å²) in [6.45, 7) is 3.83. The molecular weight excluding hydrogens is 304 g/mol. The average Bonchev–Trinajstić information content (AvgIpc) is 2.92. The van der Waals surface area contributed by atoms with Crippen molar-refractivity contribution in [3.63, 3.8) is 0 Å². The van der Waals surface area contributed by atoms with Crippen LogP contribution in [0.4, 0.5) is 0 Å². The van der Waals surface area contributed by atoms with Crippen molar-refractivity contribution in [2.75, 3.05) is 20.3 Å². The zero-order chi connectivity index (χ0) is 13.8. The zero-order valence-corrected chi connectivity index (χ0v) is 13.3. The fourth-order valence-electron chi connectivity index (χ4n) is 2.77. The van der Waals surface area contributed by atoms with Gasteiger partial charge in [0, 0.05) is 29.2 Å². The van der Waals surface area contributed by atoms with Crippen molar-refractivity contribution in [3.05, 3.63) is 34.3 Å². The lowest BCUT2D eigenvalue weighted by Gasteiger charge is -2.36. The average molecular weight is 327 g/mol. The Kier molecular flexibility index (Phi) is 5.39. The van der Waals surface area contributed by atoms with Crippen LogP contribution >= 0.6 is 15.9 Å². The van der Waals surface area contributed by atoms with Gasteiger partial charge in [0.05, 0.1) is 6.61 Å². The predicted octanol–water partition coefficient (Wildman–Crippen LogP) is 2.95. The maximum absolute atomic E-state index is 6.37. The maximum atomic E-state index is 6.37. The van der Waals surface area contributed by atoms with Crippen molar-refractivity contribution in [3.8, 4) is 0 Å². The molecule has 0 spiro atoms. The highest BCUT2D eigenvalue weighted by atomic mass is 79.9. The predicted molar refractivity (Wildman–Crippen MR) is 82.1 cm³/mol. The first kappa shape index (κ1) is 15.0.